The summed E-state index contributed by atoms with van der Waals surface area (Å²) in [7, 11) is 0. The molecule has 0 unspecified atom stereocenters. The molecule has 1 aromatic carbocycles. The van der Waals surface area contributed by atoms with E-state index in [0.29, 0.717) is 0 Å². The molecule has 3 heteroatoms. The number of hydrogen-bond acceptors (Lipinski definition) is 2. The zero-order chi connectivity index (χ0) is 11.7. The maximum Gasteiger partial charge on any atom is 0.204 e. The van der Waals surface area contributed by atoms with Gasteiger partial charge in [0.1, 0.15) is 0 Å². The third-order valence-corrected chi connectivity index (χ3v) is 4.83. The molecule has 0 fully saturated rings. The van der Waals surface area contributed by atoms with E-state index < -0.39 is 0 Å². The topological polar surface area (TPSA) is 17.1 Å². The smallest absolute Gasteiger partial charge is 0.204 e. The molecule has 2 aromatic rings. The van der Waals surface area contributed by atoms with E-state index in [1.807, 2.05) is 44.2 Å². The Hall–Kier alpha value is -0.680. The number of aryl methyl sites for hydroxylation is 2. The van der Waals surface area contributed by atoms with Crippen LogP contribution in [0, 0.1) is 17.4 Å². The standard InChI is InChI=1S/C13H11IOS/c1-8-4-3-5-10(12(8)14)13(15)11-7-6-9(2)16-11/h3-7H,1-2H3. The van der Waals surface area contributed by atoms with Gasteiger partial charge in [-0.05, 0) is 60.2 Å². The Balaban J connectivity index is 2.45. The van der Waals surface area contributed by atoms with Crippen LogP contribution in [-0.4, -0.2) is 5.78 Å². The zero-order valence-corrected chi connectivity index (χ0v) is 12.1. The highest BCUT2D eigenvalue weighted by Crippen LogP contribution is 2.23. The van der Waals surface area contributed by atoms with Gasteiger partial charge in [0.15, 0.2) is 0 Å². The van der Waals surface area contributed by atoms with Gasteiger partial charge >= 0.3 is 0 Å². The van der Waals surface area contributed by atoms with Crippen LogP contribution >= 0.6 is 33.9 Å². The van der Waals surface area contributed by atoms with E-state index in [1.54, 1.807) is 11.3 Å². The van der Waals surface area contributed by atoms with Crippen molar-refractivity contribution in [3.63, 3.8) is 0 Å². The van der Waals surface area contributed by atoms with Gasteiger partial charge in [0, 0.05) is 14.0 Å². The van der Waals surface area contributed by atoms with Crippen LogP contribution in [0.15, 0.2) is 30.3 Å². The van der Waals surface area contributed by atoms with Crippen molar-refractivity contribution in [2.24, 2.45) is 0 Å². The first kappa shape index (κ1) is 11.8. The molecule has 0 bridgehead atoms. The first-order valence-corrected chi connectivity index (χ1v) is 6.85. The Bertz CT molecular complexity index is 543. The van der Waals surface area contributed by atoms with Crippen LogP contribution in [0.4, 0.5) is 0 Å². The Kier molecular flexibility index (Phi) is 3.44. The van der Waals surface area contributed by atoms with Crippen molar-refractivity contribution in [1.29, 1.82) is 0 Å². The Morgan fingerprint density at radius 1 is 1.19 bits per heavy atom. The van der Waals surface area contributed by atoms with Gasteiger partial charge in [0.05, 0.1) is 4.88 Å². The lowest BCUT2D eigenvalue weighted by atomic mass is 10.1. The van der Waals surface area contributed by atoms with E-state index in [0.717, 1.165) is 19.6 Å². The Morgan fingerprint density at radius 3 is 2.56 bits per heavy atom. The van der Waals surface area contributed by atoms with Gasteiger partial charge in [-0.3, -0.25) is 4.79 Å². The molecule has 0 aliphatic carbocycles. The minimum Gasteiger partial charge on any atom is -0.288 e. The summed E-state index contributed by atoms with van der Waals surface area (Å²) in [6, 6.07) is 9.75. The predicted octanol–water partition coefficient (Wildman–Crippen LogP) is 4.20. The molecule has 1 nitrogen and oxygen atoms in total. The van der Waals surface area contributed by atoms with Crippen LogP contribution in [0.25, 0.3) is 0 Å². The van der Waals surface area contributed by atoms with Gasteiger partial charge in [-0.1, -0.05) is 12.1 Å². The molecule has 82 valence electrons. The first-order valence-electron chi connectivity index (χ1n) is 4.96. The second-order valence-corrected chi connectivity index (χ2v) is 6.04. The molecule has 0 N–H and O–H groups in total. The second kappa shape index (κ2) is 4.67. The molecule has 1 heterocycles. The summed E-state index contributed by atoms with van der Waals surface area (Å²) in [6.07, 6.45) is 0. The maximum absolute atomic E-state index is 12.2. The van der Waals surface area contributed by atoms with E-state index >= 15 is 0 Å². The number of halogens is 1. The number of benzene rings is 1. The third kappa shape index (κ3) is 2.20. The fraction of sp³-hybridized carbons (Fsp3) is 0.154. The number of ketones is 1. The van der Waals surface area contributed by atoms with Gasteiger partial charge in [0.25, 0.3) is 0 Å². The van der Waals surface area contributed by atoms with Crippen LogP contribution in [0.2, 0.25) is 0 Å². The van der Waals surface area contributed by atoms with Crippen molar-refractivity contribution in [2.75, 3.05) is 0 Å². The van der Waals surface area contributed by atoms with Gasteiger partial charge in [0.2, 0.25) is 5.78 Å². The lowest BCUT2D eigenvalue weighted by Gasteiger charge is -2.04. The van der Waals surface area contributed by atoms with E-state index in [4.69, 9.17) is 0 Å². The predicted molar refractivity (Wildman–Crippen MR) is 76.4 cm³/mol. The average molecular weight is 342 g/mol. The zero-order valence-electron chi connectivity index (χ0n) is 9.08. The first-order chi connectivity index (χ1) is 7.59. The highest BCUT2D eigenvalue weighted by Gasteiger charge is 2.14. The minimum atomic E-state index is 0.131. The molecule has 2 rings (SSSR count). The van der Waals surface area contributed by atoms with Crippen molar-refractivity contribution < 1.29 is 4.79 Å². The lowest BCUT2D eigenvalue weighted by Crippen LogP contribution is -2.02. The van der Waals surface area contributed by atoms with E-state index in [1.165, 1.54) is 4.88 Å². The highest BCUT2D eigenvalue weighted by molar-refractivity contribution is 14.1. The Morgan fingerprint density at radius 2 is 1.94 bits per heavy atom. The van der Waals surface area contributed by atoms with Crippen molar-refractivity contribution in [3.05, 3.63) is 54.8 Å². The Labute approximate surface area is 113 Å². The molecule has 0 aliphatic heterocycles. The van der Waals surface area contributed by atoms with Crippen LogP contribution in [0.5, 0.6) is 0 Å². The molecule has 0 radical (unpaired) electrons. The van der Waals surface area contributed by atoms with Gasteiger partial charge in [-0.25, -0.2) is 0 Å². The maximum atomic E-state index is 12.2. The van der Waals surface area contributed by atoms with Gasteiger partial charge < -0.3 is 0 Å². The fourth-order valence-corrected chi connectivity index (χ4v) is 2.94. The number of hydrogen-bond donors (Lipinski definition) is 0. The number of carbonyl (C=O) groups is 1. The van der Waals surface area contributed by atoms with Crippen LogP contribution in [0.3, 0.4) is 0 Å². The monoisotopic (exact) mass is 342 g/mol. The van der Waals surface area contributed by atoms with Crippen molar-refractivity contribution in [2.45, 2.75) is 13.8 Å². The quantitative estimate of drug-likeness (QED) is 0.591. The van der Waals surface area contributed by atoms with Crippen LogP contribution < -0.4 is 0 Å². The van der Waals surface area contributed by atoms with Crippen LogP contribution in [-0.2, 0) is 0 Å². The summed E-state index contributed by atoms with van der Waals surface area (Å²) in [5, 5.41) is 0. The van der Waals surface area contributed by atoms with Crippen LogP contribution in [0.1, 0.15) is 25.7 Å². The second-order valence-electron chi connectivity index (χ2n) is 3.68. The number of thiophene rings is 1. The summed E-state index contributed by atoms with van der Waals surface area (Å²) in [6.45, 7) is 4.04. The molecule has 1 aromatic heterocycles. The number of rotatable bonds is 2. The summed E-state index contributed by atoms with van der Waals surface area (Å²) < 4.78 is 1.05. The third-order valence-electron chi connectivity index (χ3n) is 2.40. The molecule has 0 saturated heterocycles. The van der Waals surface area contributed by atoms with Crippen molar-refractivity contribution >= 4 is 39.7 Å². The molecule has 0 spiro atoms. The molecule has 16 heavy (non-hydrogen) atoms. The summed E-state index contributed by atoms with van der Waals surface area (Å²) >= 11 is 3.79. The molecular weight excluding hydrogens is 331 g/mol. The molecule has 0 saturated carbocycles. The van der Waals surface area contributed by atoms with Gasteiger partial charge in [-0.15, -0.1) is 11.3 Å². The molecule has 0 atom stereocenters. The van der Waals surface area contributed by atoms with E-state index in [-0.39, 0.29) is 5.78 Å². The lowest BCUT2D eigenvalue weighted by molar-refractivity contribution is 0.104. The average Bonchev–Trinajstić information content (AvgIpc) is 2.68. The number of carbonyl (C=O) groups excluding carboxylic acids is 1. The normalized spacial score (nSPS) is 10.4. The largest absolute Gasteiger partial charge is 0.288 e. The van der Waals surface area contributed by atoms with E-state index in [2.05, 4.69) is 22.6 Å². The summed E-state index contributed by atoms with van der Waals surface area (Å²) in [5.74, 6) is 0.131. The summed E-state index contributed by atoms with van der Waals surface area (Å²) in [4.78, 5) is 14.2. The molecular formula is C13H11IOS. The fourth-order valence-electron chi connectivity index (χ4n) is 1.51. The molecule has 0 aliphatic rings. The SMILES string of the molecule is Cc1ccc(C(=O)c2cccc(C)c2I)s1. The summed E-state index contributed by atoms with van der Waals surface area (Å²) in [5.41, 5.74) is 1.96. The highest BCUT2D eigenvalue weighted by atomic mass is 127. The van der Waals surface area contributed by atoms with E-state index in [9.17, 15) is 4.79 Å². The van der Waals surface area contributed by atoms with Crippen molar-refractivity contribution in [3.8, 4) is 0 Å². The molecule has 0 amide bonds. The minimum absolute atomic E-state index is 0.131. The van der Waals surface area contributed by atoms with Gasteiger partial charge in [-0.2, -0.15) is 0 Å². The van der Waals surface area contributed by atoms with Crippen molar-refractivity contribution in [1.82, 2.24) is 0 Å².